The fourth-order valence-corrected chi connectivity index (χ4v) is 3.71. The smallest absolute Gasteiger partial charge is 0.250 e. The zero-order chi connectivity index (χ0) is 21.9. The number of hydrogen-bond donors (Lipinski definition) is 3. The molecule has 32 heavy (non-hydrogen) atoms. The first-order valence-electron chi connectivity index (χ1n) is 10.2. The maximum absolute atomic E-state index is 11.3. The lowest BCUT2D eigenvalue weighted by Crippen LogP contribution is -2.15. The Bertz CT molecular complexity index is 1370. The van der Waals surface area contributed by atoms with Crippen LogP contribution in [0.15, 0.2) is 85.5 Å². The summed E-state index contributed by atoms with van der Waals surface area (Å²) >= 11 is 0. The summed E-state index contributed by atoms with van der Waals surface area (Å²) in [6.45, 7) is 0.173. The Morgan fingerprint density at radius 3 is 2.59 bits per heavy atom. The van der Waals surface area contributed by atoms with Gasteiger partial charge in [-0.25, -0.2) is 4.98 Å². The van der Waals surface area contributed by atoms with Crippen molar-refractivity contribution in [3.8, 4) is 22.3 Å². The average molecular weight is 423 g/mol. The molecular formula is C25H21N5O2. The molecule has 0 unspecified atom stereocenters. The van der Waals surface area contributed by atoms with Crippen molar-refractivity contribution in [3.05, 3.63) is 91.0 Å². The average Bonchev–Trinajstić information content (AvgIpc) is 3.46. The van der Waals surface area contributed by atoms with Crippen LogP contribution >= 0.6 is 0 Å². The zero-order valence-electron chi connectivity index (χ0n) is 17.2. The lowest BCUT2D eigenvalue weighted by molar-refractivity contribution is -0.118. The van der Waals surface area contributed by atoms with E-state index in [1.54, 1.807) is 12.1 Å². The second-order valence-electron chi connectivity index (χ2n) is 7.52. The van der Waals surface area contributed by atoms with Gasteiger partial charge < -0.3 is 15.4 Å². The molecule has 3 heterocycles. The van der Waals surface area contributed by atoms with E-state index in [0.29, 0.717) is 12.2 Å². The largest absolute Gasteiger partial charge is 0.387 e. The van der Waals surface area contributed by atoms with Crippen molar-refractivity contribution >= 4 is 22.6 Å². The number of benzene rings is 2. The third kappa shape index (κ3) is 4.01. The molecule has 0 saturated carbocycles. The Hall–Kier alpha value is -4.23. The summed E-state index contributed by atoms with van der Waals surface area (Å²) in [6.07, 6.45) is 7.69. The van der Waals surface area contributed by atoms with Gasteiger partial charge in [0.25, 0.3) is 0 Å². The van der Waals surface area contributed by atoms with Gasteiger partial charge in [-0.2, -0.15) is 5.10 Å². The van der Waals surface area contributed by atoms with E-state index >= 15 is 0 Å². The van der Waals surface area contributed by atoms with Crippen LogP contribution in [0.2, 0.25) is 0 Å². The number of aliphatic hydroxyl groups is 1. The second kappa shape index (κ2) is 8.49. The molecule has 3 N–H and O–H groups in total. The number of nitrogens with one attached hydrogen (secondary N) is 2. The first-order valence-corrected chi connectivity index (χ1v) is 10.2. The summed E-state index contributed by atoms with van der Waals surface area (Å²) in [5.41, 5.74) is 6.65. The van der Waals surface area contributed by atoms with Crippen LogP contribution in [0.4, 0.5) is 5.69 Å². The van der Waals surface area contributed by atoms with Crippen LogP contribution in [0.3, 0.4) is 0 Å². The number of anilines is 1. The predicted octanol–water partition coefficient (Wildman–Crippen LogP) is 4.07. The van der Waals surface area contributed by atoms with Gasteiger partial charge >= 0.3 is 0 Å². The number of nitrogens with zero attached hydrogens (tertiary/aromatic N) is 3. The van der Waals surface area contributed by atoms with Gasteiger partial charge in [-0.15, -0.1) is 0 Å². The first-order chi connectivity index (χ1) is 15.7. The number of H-pyrrole nitrogens is 1. The number of hydrogen-bond acceptors (Lipinski definition) is 4. The fourth-order valence-electron chi connectivity index (χ4n) is 3.71. The van der Waals surface area contributed by atoms with Crippen LogP contribution in [0, 0.1) is 0 Å². The molecule has 0 radical (unpaired) electrons. The summed E-state index contributed by atoms with van der Waals surface area (Å²) < 4.78 is 1.93. The molecule has 1 amide bonds. The molecule has 3 aromatic heterocycles. The molecule has 0 bridgehead atoms. The highest BCUT2D eigenvalue weighted by atomic mass is 16.3. The zero-order valence-corrected chi connectivity index (χ0v) is 17.2. The van der Waals surface area contributed by atoms with Gasteiger partial charge in [-0.1, -0.05) is 42.5 Å². The van der Waals surface area contributed by atoms with Crippen LogP contribution in [0.1, 0.15) is 5.56 Å². The Kier molecular flexibility index (Phi) is 5.23. The third-order valence-electron chi connectivity index (χ3n) is 5.31. The topological polar surface area (TPSA) is 95.8 Å². The highest BCUT2D eigenvalue weighted by molar-refractivity contribution is 5.96. The number of carbonyl (C=O) groups is 1. The minimum atomic E-state index is -0.541. The van der Waals surface area contributed by atoms with E-state index in [4.69, 9.17) is 5.11 Å². The number of pyridine rings is 1. The Morgan fingerprint density at radius 2 is 1.81 bits per heavy atom. The molecule has 0 saturated heterocycles. The normalized spacial score (nSPS) is 11.0. The van der Waals surface area contributed by atoms with Crippen LogP contribution in [0.5, 0.6) is 0 Å². The van der Waals surface area contributed by atoms with Crippen LogP contribution in [-0.4, -0.2) is 37.4 Å². The summed E-state index contributed by atoms with van der Waals surface area (Å²) in [5, 5.41) is 17.0. The molecule has 0 aliphatic carbocycles. The number of aromatic nitrogens is 4. The standard InChI is InChI=1S/C25H21N5O2/c31-16-24(32)29-21-8-6-18(7-9-21)19-10-22-23(13-27-25(22)26-11-19)20-12-28-30(15-20)14-17-4-2-1-3-5-17/h1-13,15,31H,14,16H2,(H,26,27)(H,29,32). The van der Waals surface area contributed by atoms with Crippen molar-refractivity contribution in [2.45, 2.75) is 6.54 Å². The number of aromatic amines is 1. The van der Waals surface area contributed by atoms with Gasteiger partial charge in [-0.3, -0.25) is 9.48 Å². The predicted molar refractivity (Wildman–Crippen MR) is 124 cm³/mol. The van der Waals surface area contributed by atoms with Gasteiger partial charge in [0.05, 0.1) is 12.7 Å². The molecule has 7 nitrogen and oxygen atoms in total. The van der Waals surface area contributed by atoms with E-state index in [1.165, 1.54) is 5.56 Å². The summed E-state index contributed by atoms with van der Waals surface area (Å²) in [7, 11) is 0. The quantitative estimate of drug-likeness (QED) is 0.384. The van der Waals surface area contributed by atoms with Crippen molar-refractivity contribution in [1.29, 1.82) is 0 Å². The highest BCUT2D eigenvalue weighted by Gasteiger charge is 2.11. The molecule has 0 aliphatic rings. The number of carbonyl (C=O) groups excluding carboxylic acids is 1. The summed E-state index contributed by atoms with van der Waals surface area (Å²) in [4.78, 5) is 19.2. The van der Waals surface area contributed by atoms with Crippen LogP contribution in [-0.2, 0) is 11.3 Å². The molecule has 0 atom stereocenters. The van der Waals surface area contributed by atoms with E-state index < -0.39 is 12.5 Å². The Balaban J connectivity index is 1.43. The SMILES string of the molecule is O=C(CO)Nc1ccc(-c2cnc3[nH]cc(-c4cnn(Cc5ccccc5)c4)c3c2)cc1. The molecule has 2 aromatic carbocycles. The summed E-state index contributed by atoms with van der Waals surface area (Å²) in [5.74, 6) is -0.439. The number of amides is 1. The van der Waals surface area contributed by atoms with Crippen molar-refractivity contribution in [1.82, 2.24) is 19.7 Å². The monoisotopic (exact) mass is 423 g/mol. The Morgan fingerprint density at radius 1 is 1.00 bits per heavy atom. The van der Waals surface area contributed by atoms with Gasteiger partial charge in [0.1, 0.15) is 12.3 Å². The van der Waals surface area contributed by atoms with E-state index in [2.05, 4.69) is 38.6 Å². The van der Waals surface area contributed by atoms with E-state index in [1.807, 2.05) is 59.8 Å². The van der Waals surface area contributed by atoms with Crippen LogP contribution < -0.4 is 5.32 Å². The minimum Gasteiger partial charge on any atom is -0.387 e. The van der Waals surface area contributed by atoms with E-state index in [9.17, 15) is 4.79 Å². The highest BCUT2D eigenvalue weighted by Crippen LogP contribution is 2.31. The maximum Gasteiger partial charge on any atom is 0.250 e. The second-order valence-corrected chi connectivity index (χ2v) is 7.52. The molecule has 7 heteroatoms. The van der Waals surface area contributed by atoms with Crippen molar-refractivity contribution in [3.63, 3.8) is 0 Å². The molecule has 0 spiro atoms. The van der Waals surface area contributed by atoms with Gasteiger partial charge in [-0.05, 0) is 29.3 Å². The van der Waals surface area contributed by atoms with E-state index in [0.717, 1.165) is 33.3 Å². The van der Waals surface area contributed by atoms with Gasteiger partial charge in [0, 0.05) is 46.4 Å². The molecule has 0 fully saturated rings. The number of rotatable bonds is 6. The number of aliphatic hydroxyl groups excluding tert-OH is 1. The third-order valence-corrected chi connectivity index (χ3v) is 5.31. The first kappa shape index (κ1) is 19.7. The van der Waals surface area contributed by atoms with E-state index in [-0.39, 0.29) is 0 Å². The van der Waals surface area contributed by atoms with Gasteiger partial charge in [0.2, 0.25) is 5.91 Å². The van der Waals surface area contributed by atoms with Crippen molar-refractivity contribution < 1.29 is 9.90 Å². The molecular weight excluding hydrogens is 402 g/mol. The van der Waals surface area contributed by atoms with Gasteiger partial charge in [0.15, 0.2) is 0 Å². The van der Waals surface area contributed by atoms with Crippen molar-refractivity contribution in [2.75, 3.05) is 11.9 Å². The van der Waals surface area contributed by atoms with Crippen molar-refractivity contribution in [2.24, 2.45) is 0 Å². The maximum atomic E-state index is 11.3. The molecule has 5 rings (SSSR count). The lowest BCUT2D eigenvalue weighted by atomic mass is 10.0. The molecule has 5 aromatic rings. The molecule has 0 aliphatic heterocycles. The number of fused-ring (bicyclic) bond motifs is 1. The van der Waals surface area contributed by atoms with Crippen LogP contribution in [0.25, 0.3) is 33.3 Å². The lowest BCUT2D eigenvalue weighted by Gasteiger charge is -2.06. The summed E-state index contributed by atoms with van der Waals surface area (Å²) in [6, 6.07) is 19.8. The Labute approximate surface area is 184 Å². The molecule has 158 valence electrons. The fraction of sp³-hybridized carbons (Fsp3) is 0.0800. The minimum absolute atomic E-state index is 0.439.